The molecular weight excluding hydrogens is 244 g/mol. The summed E-state index contributed by atoms with van der Waals surface area (Å²) in [7, 11) is 0. The molecule has 4 heteroatoms. The average molecular weight is 261 g/mol. The molecule has 3 nitrogen and oxygen atoms in total. The Labute approximate surface area is 93.3 Å². The zero-order chi connectivity index (χ0) is 10.9. The molecule has 0 aliphatic carbocycles. The molecule has 80 valence electrons. The molecule has 0 spiro atoms. The molecule has 0 radical (unpaired) electrons. The van der Waals surface area contributed by atoms with Gasteiger partial charge in [-0.3, -0.25) is 4.68 Å². The van der Waals surface area contributed by atoms with Gasteiger partial charge in [-0.1, -0.05) is 6.92 Å². The monoisotopic (exact) mass is 260 g/mol. The minimum atomic E-state index is -0.678. The molecule has 1 N–H and O–H groups in total. The Morgan fingerprint density at radius 2 is 2.07 bits per heavy atom. The fourth-order valence-electron chi connectivity index (χ4n) is 1.26. The molecule has 0 aromatic carbocycles. The van der Waals surface area contributed by atoms with Gasteiger partial charge in [-0.2, -0.15) is 5.10 Å². The second-order valence-electron chi connectivity index (χ2n) is 3.99. The maximum Gasteiger partial charge on any atom is 0.0812 e. The van der Waals surface area contributed by atoms with Gasteiger partial charge in [0.25, 0.3) is 0 Å². The fourth-order valence-corrected chi connectivity index (χ4v) is 1.55. The molecule has 1 aromatic heterocycles. The first-order valence-corrected chi connectivity index (χ1v) is 5.58. The van der Waals surface area contributed by atoms with Crippen molar-refractivity contribution in [3.05, 3.63) is 15.9 Å². The second-order valence-corrected chi connectivity index (χ2v) is 4.79. The second kappa shape index (κ2) is 4.03. The van der Waals surface area contributed by atoms with E-state index < -0.39 is 5.60 Å². The first-order chi connectivity index (χ1) is 6.37. The van der Waals surface area contributed by atoms with Crippen LogP contribution < -0.4 is 0 Å². The minimum absolute atomic E-state index is 0.543. The van der Waals surface area contributed by atoms with E-state index in [0.717, 1.165) is 22.3 Å². The van der Waals surface area contributed by atoms with E-state index in [1.165, 1.54) is 0 Å². The molecule has 1 heterocycles. The van der Waals surface area contributed by atoms with E-state index in [2.05, 4.69) is 21.0 Å². The Morgan fingerprint density at radius 3 is 2.43 bits per heavy atom. The Kier molecular flexibility index (Phi) is 3.37. The SMILES string of the molecule is CCC(C)(O)Cn1nc(C)c(Br)c1C. The molecule has 1 rings (SSSR count). The van der Waals surface area contributed by atoms with Crippen LogP contribution in [-0.4, -0.2) is 20.5 Å². The van der Waals surface area contributed by atoms with Crippen LogP contribution in [-0.2, 0) is 6.54 Å². The van der Waals surface area contributed by atoms with Crippen LogP contribution >= 0.6 is 15.9 Å². The van der Waals surface area contributed by atoms with Crippen LogP contribution in [0.2, 0.25) is 0 Å². The highest BCUT2D eigenvalue weighted by Gasteiger charge is 2.21. The van der Waals surface area contributed by atoms with Gasteiger partial charge in [0.1, 0.15) is 0 Å². The van der Waals surface area contributed by atoms with Crippen LogP contribution in [0.3, 0.4) is 0 Å². The van der Waals surface area contributed by atoms with E-state index in [1.807, 2.05) is 32.4 Å². The summed E-state index contributed by atoms with van der Waals surface area (Å²) >= 11 is 3.46. The Hall–Kier alpha value is -0.350. The van der Waals surface area contributed by atoms with Gasteiger partial charge >= 0.3 is 0 Å². The van der Waals surface area contributed by atoms with Crippen LogP contribution in [0.4, 0.5) is 0 Å². The van der Waals surface area contributed by atoms with Crippen LogP contribution in [0, 0.1) is 13.8 Å². The van der Waals surface area contributed by atoms with E-state index in [0.29, 0.717) is 6.54 Å². The van der Waals surface area contributed by atoms with E-state index >= 15 is 0 Å². The normalized spacial score (nSPS) is 15.6. The Morgan fingerprint density at radius 1 is 1.50 bits per heavy atom. The topological polar surface area (TPSA) is 38.0 Å². The van der Waals surface area contributed by atoms with Crippen molar-refractivity contribution in [2.75, 3.05) is 0 Å². The molecule has 0 amide bonds. The standard InChI is InChI=1S/C10H17BrN2O/c1-5-10(4,14)6-13-8(3)9(11)7(2)12-13/h14H,5-6H2,1-4H3. The minimum Gasteiger partial charge on any atom is -0.388 e. The third kappa shape index (κ3) is 2.36. The average Bonchev–Trinajstić information content (AvgIpc) is 2.33. The Balaban J connectivity index is 2.93. The summed E-state index contributed by atoms with van der Waals surface area (Å²) in [4.78, 5) is 0. The van der Waals surface area contributed by atoms with Crippen LogP contribution in [0.25, 0.3) is 0 Å². The number of aromatic nitrogens is 2. The molecule has 0 saturated carbocycles. The zero-order valence-corrected chi connectivity index (χ0v) is 10.7. The lowest BCUT2D eigenvalue weighted by Crippen LogP contribution is -2.30. The van der Waals surface area contributed by atoms with E-state index in [-0.39, 0.29) is 0 Å². The molecule has 14 heavy (non-hydrogen) atoms. The number of aryl methyl sites for hydroxylation is 1. The van der Waals surface area contributed by atoms with Crippen molar-refractivity contribution >= 4 is 15.9 Å². The summed E-state index contributed by atoms with van der Waals surface area (Å²) in [6.07, 6.45) is 0.725. The van der Waals surface area contributed by atoms with Gasteiger partial charge in [-0.25, -0.2) is 0 Å². The van der Waals surface area contributed by atoms with Crippen molar-refractivity contribution in [1.82, 2.24) is 9.78 Å². The number of rotatable bonds is 3. The van der Waals surface area contributed by atoms with E-state index in [9.17, 15) is 5.11 Å². The highest BCUT2D eigenvalue weighted by Crippen LogP contribution is 2.22. The fraction of sp³-hybridized carbons (Fsp3) is 0.700. The van der Waals surface area contributed by atoms with Crippen molar-refractivity contribution in [3.63, 3.8) is 0 Å². The molecule has 1 unspecified atom stereocenters. The molecule has 0 saturated heterocycles. The van der Waals surface area contributed by atoms with Gasteiger partial charge in [-0.15, -0.1) is 0 Å². The van der Waals surface area contributed by atoms with Gasteiger partial charge in [-0.05, 0) is 43.1 Å². The first-order valence-electron chi connectivity index (χ1n) is 4.79. The lowest BCUT2D eigenvalue weighted by atomic mass is 10.0. The number of nitrogens with zero attached hydrogens (tertiary/aromatic N) is 2. The largest absolute Gasteiger partial charge is 0.388 e. The molecule has 1 aromatic rings. The van der Waals surface area contributed by atoms with Crippen molar-refractivity contribution in [1.29, 1.82) is 0 Å². The van der Waals surface area contributed by atoms with Crippen molar-refractivity contribution in [2.24, 2.45) is 0 Å². The van der Waals surface area contributed by atoms with E-state index in [4.69, 9.17) is 0 Å². The molecule has 0 fully saturated rings. The quantitative estimate of drug-likeness (QED) is 0.907. The summed E-state index contributed by atoms with van der Waals surface area (Å²) < 4.78 is 2.88. The van der Waals surface area contributed by atoms with Gasteiger partial charge < -0.3 is 5.11 Å². The summed E-state index contributed by atoms with van der Waals surface area (Å²) in [5, 5.41) is 14.3. The maximum absolute atomic E-state index is 9.93. The highest BCUT2D eigenvalue weighted by molar-refractivity contribution is 9.10. The Bertz CT molecular complexity index is 331. The lowest BCUT2D eigenvalue weighted by molar-refractivity contribution is 0.0338. The third-order valence-corrected chi connectivity index (χ3v) is 3.69. The molecule has 0 bridgehead atoms. The molecule has 0 aliphatic rings. The van der Waals surface area contributed by atoms with E-state index in [1.54, 1.807) is 0 Å². The first kappa shape index (κ1) is 11.7. The highest BCUT2D eigenvalue weighted by atomic mass is 79.9. The van der Waals surface area contributed by atoms with Gasteiger partial charge in [0, 0.05) is 5.69 Å². The number of hydrogen-bond acceptors (Lipinski definition) is 2. The predicted octanol–water partition coefficient (Wildman–Crippen LogP) is 2.42. The van der Waals surface area contributed by atoms with Crippen molar-refractivity contribution < 1.29 is 5.11 Å². The van der Waals surface area contributed by atoms with Crippen molar-refractivity contribution in [2.45, 2.75) is 46.3 Å². The van der Waals surface area contributed by atoms with Crippen molar-refractivity contribution in [3.8, 4) is 0 Å². The summed E-state index contributed by atoms with van der Waals surface area (Å²) in [5.41, 5.74) is 1.36. The maximum atomic E-state index is 9.93. The summed E-state index contributed by atoms with van der Waals surface area (Å²) in [6, 6.07) is 0. The number of halogens is 1. The van der Waals surface area contributed by atoms with Gasteiger partial charge in [0.15, 0.2) is 0 Å². The van der Waals surface area contributed by atoms with Crippen LogP contribution in [0.5, 0.6) is 0 Å². The molecule has 1 atom stereocenters. The van der Waals surface area contributed by atoms with Gasteiger partial charge in [0.2, 0.25) is 0 Å². The van der Waals surface area contributed by atoms with Crippen LogP contribution in [0.15, 0.2) is 4.47 Å². The number of aliphatic hydroxyl groups is 1. The number of hydrogen-bond donors (Lipinski definition) is 1. The molecular formula is C10H17BrN2O. The smallest absolute Gasteiger partial charge is 0.0812 e. The lowest BCUT2D eigenvalue weighted by Gasteiger charge is -2.21. The van der Waals surface area contributed by atoms with Crippen LogP contribution in [0.1, 0.15) is 31.7 Å². The summed E-state index contributed by atoms with van der Waals surface area (Å²) in [6.45, 7) is 8.30. The molecule has 0 aliphatic heterocycles. The third-order valence-electron chi connectivity index (χ3n) is 2.55. The zero-order valence-electron chi connectivity index (χ0n) is 9.13. The summed E-state index contributed by atoms with van der Waals surface area (Å²) in [5.74, 6) is 0. The predicted molar refractivity (Wildman–Crippen MR) is 60.3 cm³/mol. The van der Waals surface area contributed by atoms with Gasteiger partial charge in [0.05, 0.1) is 22.3 Å².